The molecule has 0 radical (unpaired) electrons. The molecule has 1 saturated heterocycles. The summed E-state index contributed by atoms with van der Waals surface area (Å²) in [5, 5.41) is 6.83. The lowest BCUT2D eigenvalue weighted by molar-refractivity contribution is -0.131. The predicted molar refractivity (Wildman–Crippen MR) is 132 cm³/mol. The van der Waals surface area contributed by atoms with Crippen LogP contribution in [-0.4, -0.2) is 65.3 Å². The van der Waals surface area contributed by atoms with Gasteiger partial charge < -0.3 is 14.7 Å². The molecule has 1 amide bonds. The molecule has 3 heterocycles. The molecule has 3 aromatic rings. The summed E-state index contributed by atoms with van der Waals surface area (Å²) in [7, 11) is 2.12. The summed E-state index contributed by atoms with van der Waals surface area (Å²) in [5.41, 5.74) is 2.61. The molecule has 1 aliphatic heterocycles. The molecular formula is C25H32FN5OS. The molecular weight excluding hydrogens is 437 g/mol. The summed E-state index contributed by atoms with van der Waals surface area (Å²) in [4.78, 5) is 20.9. The second-order valence-corrected chi connectivity index (χ2v) is 9.67. The minimum atomic E-state index is -0.287. The molecule has 0 bridgehead atoms. The number of likely N-dealkylation sites (N-methyl/N-ethyl adjacent to an activating group) is 1. The maximum atomic E-state index is 14.1. The molecule has 1 aromatic carbocycles. The maximum absolute atomic E-state index is 14.1. The SMILES string of the molecule is CCCN(Cc1c(C)nn(-c2cccc(F)c2)c1N1CCN(C)CC1)C(=O)Cc1cccs1. The van der Waals surface area contributed by atoms with Gasteiger partial charge in [0.15, 0.2) is 0 Å². The molecule has 1 aliphatic rings. The Bertz CT molecular complexity index is 1070. The molecule has 1 fully saturated rings. The highest BCUT2D eigenvalue weighted by Crippen LogP contribution is 2.30. The van der Waals surface area contributed by atoms with E-state index < -0.39 is 0 Å². The molecule has 6 nitrogen and oxygen atoms in total. The number of aromatic nitrogens is 2. The molecule has 0 atom stereocenters. The van der Waals surface area contributed by atoms with E-state index in [0.29, 0.717) is 25.2 Å². The van der Waals surface area contributed by atoms with Crippen LogP contribution in [0, 0.1) is 12.7 Å². The number of amides is 1. The standard InChI is InChI=1S/C25H32FN5OS/c1-4-10-30(24(32)17-22-9-6-15-33-22)18-23-19(2)27-31(21-8-5-7-20(26)16-21)25(23)29-13-11-28(3)12-14-29/h5-9,15-16H,4,10-14,17-18H2,1-3H3. The number of carbonyl (C=O) groups excluding carboxylic acids is 1. The molecule has 4 rings (SSSR count). The van der Waals surface area contributed by atoms with Gasteiger partial charge >= 0.3 is 0 Å². The highest BCUT2D eigenvalue weighted by atomic mass is 32.1. The second kappa shape index (κ2) is 10.5. The van der Waals surface area contributed by atoms with E-state index in [2.05, 4.69) is 23.8 Å². The van der Waals surface area contributed by atoms with Crippen LogP contribution in [0.3, 0.4) is 0 Å². The van der Waals surface area contributed by atoms with E-state index in [1.807, 2.05) is 40.1 Å². The number of benzene rings is 1. The van der Waals surface area contributed by atoms with Crippen LogP contribution in [0.2, 0.25) is 0 Å². The number of thiophene rings is 1. The van der Waals surface area contributed by atoms with Crippen molar-refractivity contribution in [2.45, 2.75) is 33.2 Å². The Balaban J connectivity index is 1.70. The van der Waals surface area contributed by atoms with E-state index in [0.717, 1.165) is 54.6 Å². The molecule has 0 N–H and O–H groups in total. The van der Waals surface area contributed by atoms with E-state index in [-0.39, 0.29) is 11.7 Å². The van der Waals surface area contributed by atoms with E-state index in [4.69, 9.17) is 5.10 Å². The first-order chi connectivity index (χ1) is 16.0. The van der Waals surface area contributed by atoms with E-state index in [9.17, 15) is 9.18 Å². The third kappa shape index (κ3) is 5.45. The van der Waals surface area contributed by atoms with Crippen LogP contribution in [0.15, 0.2) is 41.8 Å². The quantitative estimate of drug-likeness (QED) is 0.498. The zero-order chi connectivity index (χ0) is 23.4. The molecule has 8 heteroatoms. The Morgan fingerprint density at radius 2 is 1.97 bits per heavy atom. The van der Waals surface area contributed by atoms with Gasteiger partial charge in [-0.15, -0.1) is 11.3 Å². The summed E-state index contributed by atoms with van der Waals surface area (Å²) < 4.78 is 15.9. The van der Waals surface area contributed by atoms with Gasteiger partial charge in [0.1, 0.15) is 11.6 Å². The predicted octanol–water partition coefficient (Wildman–Crippen LogP) is 4.11. The van der Waals surface area contributed by atoms with Crippen LogP contribution in [-0.2, 0) is 17.8 Å². The van der Waals surface area contributed by atoms with Crippen LogP contribution >= 0.6 is 11.3 Å². The summed E-state index contributed by atoms with van der Waals surface area (Å²) in [6, 6.07) is 10.5. The third-order valence-electron chi connectivity index (χ3n) is 6.11. The molecule has 0 unspecified atom stereocenters. The van der Waals surface area contributed by atoms with Gasteiger partial charge in [0.25, 0.3) is 0 Å². The van der Waals surface area contributed by atoms with E-state index in [1.54, 1.807) is 17.4 Å². The Kier molecular flexibility index (Phi) is 7.45. The average molecular weight is 470 g/mol. The van der Waals surface area contributed by atoms with Gasteiger partial charge in [-0.3, -0.25) is 4.79 Å². The first kappa shape index (κ1) is 23.4. The fourth-order valence-electron chi connectivity index (χ4n) is 4.29. The lowest BCUT2D eigenvalue weighted by atomic mass is 10.1. The highest BCUT2D eigenvalue weighted by Gasteiger charge is 2.27. The lowest BCUT2D eigenvalue weighted by Crippen LogP contribution is -2.45. The van der Waals surface area contributed by atoms with Gasteiger partial charge in [-0.2, -0.15) is 5.10 Å². The zero-order valence-electron chi connectivity index (χ0n) is 19.6. The molecule has 2 aromatic heterocycles. The van der Waals surface area contributed by atoms with E-state index in [1.165, 1.54) is 12.1 Å². The summed E-state index contributed by atoms with van der Waals surface area (Å²) in [5.74, 6) is 0.808. The normalized spacial score (nSPS) is 14.6. The van der Waals surface area contributed by atoms with Crippen molar-refractivity contribution in [2.75, 3.05) is 44.7 Å². The van der Waals surface area contributed by atoms with Crippen LogP contribution in [0.4, 0.5) is 10.2 Å². The zero-order valence-corrected chi connectivity index (χ0v) is 20.4. The van der Waals surface area contributed by atoms with Crippen LogP contribution in [0.25, 0.3) is 5.69 Å². The highest BCUT2D eigenvalue weighted by molar-refractivity contribution is 7.10. The van der Waals surface area contributed by atoms with Crippen molar-refractivity contribution in [1.29, 1.82) is 0 Å². The van der Waals surface area contributed by atoms with Gasteiger partial charge in [-0.1, -0.05) is 19.1 Å². The van der Waals surface area contributed by atoms with Gasteiger partial charge in [0.2, 0.25) is 5.91 Å². The molecule has 0 saturated carbocycles. The van der Waals surface area contributed by atoms with Crippen LogP contribution < -0.4 is 4.90 Å². The monoisotopic (exact) mass is 469 g/mol. The summed E-state index contributed by atoms with van der Waals surface area (Å²) >= 11 is 1.61. The maximum Gasteiger partial charge on any atom is 0.228 e. The van der Waals surface area contributed by atoms with Gasteiger partial charge in [0, 0.05) is 43.2 Å². The van der Waals surface area contributed by atoms with Crippen molar-refractivity contribution in [3.63, 3.8) is 0 Å². The number of anilines is 1. The van der Waals surface area contributed by atoms with Crippen molar-refractivity contribution >= 4 is 23.1 Å². The number of rotatable bonds is 8. The lowest BCUT2D eigenvalue weighted by Gasteiger charge is -2.35. The van der Waals surface area contributed by atoms with Crippen molar-refractivity contribution in [3.8, 4) is 5.69 Å². The number of halogens is 1. The van der Waals surface area contributed by atoms with Crippen molar-refractivity contribution in [3.05, 3.63) is 63.7 Å². The van der Waals surface area contributed by atoms with Crippen LogP contribution in [0.5, 0.6) is 0 Å². The summed E-state index contributed by atoms with van der Waals surface area (Å²) in [6.45, 7) is 8.89. The van der Waals surface area contributed by atoms with Crippen molar-refractivity contribution < 1.29 is 9.18 Å². The first-order valence-electron chi connectivity index (χ1n) is 11.5. The number of carbonyl (C=O) groups is 1. The number of nitrogens with zero attached hydrogens (tertiary/aromatic N) is 5. The average Bonchev–Trinajstić information content (AvgIpc) is 3.42. The smallest absolute Gasteiger partial charge is 0.228 e. The minimum absolute atomic E-state index is 0.126. The first-order valence-corrected chi connectivity index (χ1v) is 12.4. The molecule has 0 spiro atoms. The fourth-order valence-corrected chi connectivity index (χ4v) is 4.99. The fraction of sp³-hybridized carbons (Fsp3) is 0.440. The Morgan fingerprint density at radius 3 is 2.64 bits per heavy atom. The number of aryl methyl sites for hydroxylation is 1. The van der Waals surface area contributed by atoms with Gasteiger partial charge in [-0.05, 0) is 50.0 Å². The number of hydrogen-bond acceptors (Lipinski definition) is 5. The molecule has 176 valence electrons. The Morgan fingerprint density at radius 1 is 1.18 bits per heavy atom. The summed E-state index contributed by atoms with van der Waals surface area (Å²) in [6.07, 6.45) is 1.30. The van der Waals surface area contributed by atoms with Crippen LogP contribution in [0.1, 0.15) is 29.5 Å². The second-order valence-electron chi connectivity index (χ2n) is 8.64. The van der Waals surface area contributed by atoms with Crippen molar-refractivity contribution in [1.82, 2.24) is 19.6 Å². The van der Waals surface area contributed by atoms with Gasteiger partial charge in [0.05, 0.1) is 24.3 Å². The topological polar surface area (TPSA) is 44.6 Å². The Hall–Kier alpha value is -2.71. The Labute approximate surface area is 199 Å². The minimum Gasteiger partial charge on any atom is -0.354 e. The largest absolute Gasteiger partial charge is 0.354 e. The number of hydrogen-bond donors (Lipinski definition) is 0. The van der Waals surface area contributed by atoms with Gasteiger partial charge in [-0.25, -0.2) is 9.07 Å². The molecule has 33 heavy (non-hydrogen) atoms. The van der Waals surface area contributed by atoms with E-state index >= 15 is 0 Å². The third-order valence-corrected chi connectivity index (χ3v) is 6.99. The molecule has 0 aliphatic carbocycles. The number of piperazine rings is 1. The van der Waals surface area contributed by atoms with Crippen molar-refractivity contribution in [2.24, 2.45) is 0 Å².